The summed E-state index contributed by atoms with van der Waals surface area (Å²) in [6.07, 6.45) is 7.90. The first-order chi connectivity index (χ1) is 11.2. The first kappa shape index (κ1) is 14.3. The molecular weight excluding hydrogens is 292 g/mol. The Morgan fingerprint density at radius 2 is 2.09 bits per heavy atom. The molecule has 0 saturated carbocycles. The van der Waals surface area contributed by atoms with E-state index in [1.807, 2.05) is 32.9 Å². The second-order valence-electron chi connectivity index (χ2n) is 6.31. The van der Waals surface area contributed by atoms with Crippen LogP contribution in [0.3, 0.4) is 0 Å². The summed E-state index contributed by atoms with van der Waals surface area (Å²) in [5.41, 5.74) is 1.14. The van der Waals surface area contributed by atoms with Crippen molar-refractivity contribution in [3.63, 3.8) is 0 Å². The lowest BCUT2D eigenvalue weighted by molar-refractivity contribution is 0.129. The Kier molecular flexibility index (Phi) is 3.55. The minimum Gasteiger partial charge on any atom is -0.327 e. The van der Waals surface area contributed by atoms with Gasteiger partial charge >= 0.3 is 6.03 Å². The molecule has 7 heteroatoms. The van der Waals surface area contributed by atoms with Crippen molar-refractivity contribution in [1.82, 2.24) is 29.1 Å². The molecule has 7 nitrogen and oxygen atoms in total. The van der Waals surface area contributed by atoms with Gasteiger partial charge in [0, 0.05) is 38.6 Å². The van der Waals surface area contributed by atoms with Crippen LogP contribution >= 0.6 is 0 Å². The Balaban J connectivity index is 1.54. The van der Waals surface area contributed by atoms with Gasteiger partial charge in [-0.3, -0.25) is 4.68 Å². The molecule has 0 radical (unpaired) electrons. The summed E-state index contributed by atoms with van der Waals surface area (Å²) in [5.74, 6) is 0.978. The second kappa shape index (κ2) is 5.72. The second-order valence-corrected chi connectivity index (χ2v) is 6.31. The zero-order chi connectivity index (χ0) is 15.8. The molecule has 1 fully saturated rings. The fourth-order valence-corrected chi connectivity index (χ4v) is 3.60. The number of amides is 2. The van der Waals surface area contributed by atoms with Crippen LogP contribution in [0.4, 0.5) is 4.79 Å². The predicted octanol–water partition coefficient (Wildman–Crippen LogP) is 1.72. The molecule has 2 aliphatic rings. The summed E-state index contributed by atoms with van der Waals surface area (Å²) in [6.45, 7) is 6.11. The lowest BCUT2D eigenvalue weighted by Gasteiger charge is -2.36. The normalized spacial score (nSPS) is 20.8. The summed E-state index contributed by atoms with van der Waals surface area (Å²) >= 11 is 0. The van der Waals surface area contributed by atoms with Crippen LogP contribution in [0.5, 0.6) is 0 Å². The van der Waals surface area contributed by atoms with E-state index >= 15 is 0 Å². The third-order valence-electron chi connectivity index (χ3n) is 4.88. The Morgan fingerprint density at radius 1 is 1.26 bits per heavy atom. The van der Waals surface area contributed by atoms with Gasteiger partial charge in [-0.2, -0.15) is 5.10 Å². The summed E-state index contributed by atoms with van der Waals surface area (Å²) in [4.78, 5) is 21.2. The predicted molar refractivity (Wildman–Crippen MR) is 84.9 cm³/mol. The molecule has 2 aliphatic heterocycles. The van der Waals surface area contributed by atoms with Crippen LogP contribution in [-0.4, -0.2) is 54.8 Å². The molecule has 4 rings (SSSR count). The van der Waals surface area contributed by atoms with E-state index in [0.29, 0.717) is 6.54 Å². The van der Waals surface area contributed by atoms with Gasteiger partial charge in [-0.05, 0) is 25.8 Å². The SMILES string of the molecule is C[C@@H]1c2ncc(Cn3cccn3)n2CCN1C(=O)N1CCCC1. The van der Waals surface area contributed by atoms with E-state index in [1.165, 1.54) is 0 Å². The van der Waals surface area contributed by atoms with Crippen molar-refractivity contribution in [3.05, 3.63) is 36.2 Å². The maximum atomic E-state index is 12.7. The smallest absolute Gasteiger partial charge is 0.320 e. The van der Waals surface area contributed by atoms with E-state index in [0.717, 1.165) is 50.5 Å². The summed E-state index contributed by atoms with van der Waals surface area (Å²) in [7, 11) is 0. The highest BCUT2D eigenvalue weighted by atomic mass is 16.2. The third kappa shape index (κ3) is 2.50. The number of nitrogens with zero attached hydrogens (tertiary/aromatic N) is 6. The average Bonchev–Trinajstić information content (AvgIpc) is 3.30. The van der Waals surface area contributed by atoms with Gasteiger partial charge in [0.05, 0.1) is 24.5 Å². The van der Waals surface area contributed by atoms with Crippen LogP contribution in [0.2, 0.25) is 0 Å². The van der Waals surface area contributed by atoms with Crippen LogP contribution in [0, 0.1) is 0 Å². The molecule has 0 spiro atoms. The molecule has 1 atom stereocenters. The molecule has 0 aliphatic carbocycles. The molecular formula is C16H22N6O. The van der Waals surface area contributed by atoms with Crippen molar-refractivity contribution < 1.29 is 4.79 Å². The zero-order valence-corrected chi connectivity index (χ0v) is 13.4. The Hall–Kier alpha value is -2.31. The Bertz CT molecular complexity index is 685. The van der Waals surface area contributed by atoms with Gasteiger partial charge in [0.2, 0.25) is 0 Å². The quantitative estimate of drug-likeness (QED) is 0.848. The minimum atomic E-state index is 0.0169. The van der Waals surface area contributed by atoms with Crippen molar-refractivity contribution in [2.24, 2.45) is 0 Å². The highest BCUT2D eigenvalue weighted by Crippen LogP contribution is 2.27. The lowest BCUT2D eigenvalue weighted by Crippen LogP contribution is -2.47. The van der Waals surface area contributed by atoms with Crippen LogP contribution in [0.15, 0.2) is 24.7 Å². The van der Waals surface area contributed by atoms with E-state index in [4.69, 9.17) is 0 Å². The molecule has 0 N–H and O–H groups in total. The van der Waals surface area contributed by atoms with Crippen molar-refractivity contribution in [3.8, 4) is 0 Å². The topological polar surface area (TPSA) is 59.2 Å². The fourth-order valence-electron chi connectivity index (χ4n) is 3.60. The summed E-state index contributed by atoms with van der Waals surface area (Å²) < 4.78 is 4.14. The van der Waals surface area contributed by atoms with Crippen LogP contribution in [-0.2, 0) is 13.1 Å². The number of hydrogen-bond donors (Lipinski definition) is 0. The average molecular weight is 314 g/mol. The highest BCUT2D eigenvalue weighted by molar-refractivity contribution is 5.75. The molecule has 4 heterocycles. The van der Waals surface area contributed by atoms with Crippen molar-refractivity contribution in [1.29, 1.82) is 0 Å². The van der Waals surface area contributed by atoms with Crippen molar-refractivity contribution in [2.75, 3.05) is 19.6 Å². The molecule has 0 aromatic carbocycles. The molecule has 122 valence electrons. The summed E-state index contributed by atoms with van der Waals surface area (Å²) in [6, 6.07) is 2.10. The van der Waals surface area contributed by atoms with E-state index in [2.05, 4.69) is 21.6 Å². The van der Waals surface area contributed by atoms with Crippen LogP contribution in [0.25, 0.3) is 0 Å². The standard InChI is InChI=1S/C16H22N6O/c1-13-15-17-11-14(12-20-8-4-5-18-20)22(15)10-9-21(13)16(23)19-6-2-3-7-19/h4-5,8,11,13H,2-3,6-7,9-10,12H2,1H3/t13-/m1/s1. The van der Waals surface area contributed by atoms with E-state index in [1.54, 1.807) is 6.20 Å². The number of carbonyl (C=O) groups excluding carboxylic acids is 1. The number of rotatable bonds is 2. The van der Waals surface area contributed by atoms with E-state index in [9.17, 15) is 4.79 Å². The third-order valence-corrected chi connectivity index (χ3v) is 4.88. The van der Waals surface area contributed by atoms with Crippen LogP contribution < -0.4 is 0 Å². The number of fused-ring (bicyclic) bond motifs is 1. The van der Waals surface area contributed by atoms with Crippen molar-refractivity contribution in [2.45, 2.75) is 38.9 Å². The first-order valence-electron chi connectivity index (χ1n) is 8.31. The number of carbonyl (C=O) groups is 1. The largest absolute Gasteiger partial charge is 0.327 e. The fraction of sp³-hybridized carbons (Fsp3) is 0.562. The maximum Gasteiger partial charge on any atom is 0.320 e. The monoisotopic (exact) mass is 314 g/mol. The van der Waals surface area contributed by atoms with Gasteiger partial charge in [-0.25, -0.2) is 9.78 Å². The van der Waals surface area contributed by atoms with E-state index < -0.39 is 0 Å². The molecule has 0 unspecified atom stereocenters. The lowest BCUT2D eigenvalue weighted by atomic mass is 10.2. The molecule has 0 bridgehead atoms. The van der Waals surface area contributed by atoms with Gasteiger partial charge in [-0.15, -0.1) is 0 Å². The molecule has 1 saturated heterocycles. The first-order valence-corrected chi connectivity index (χ1v) is 8.31. The molecule has 2 aromatic heterocycles. The van der Waals surface area contributed by atoms with Gasteiger partial charge < -0.3 is 14.4 Å². The molecule has 23 heavy (non-hydrogen) atoms. The number of imidazole rings is 1. The molecule has 2 amide bonds. The molecule has 2 aromatic rings. The number of likely N-dealkylation sites (tertiary alicyclic amines) is 1. The van der Waals surface area contributed by atoms with Gasteiger partial charge in [0.15, 0.2) is 0 Å². The van der Waals surface area contributed by atoms with Crippen molar-refractivity contribution >= 4 is 6.03 Å². The maximum absolute atomic E-state index is 12.7. The Labute approximate surface area is 135 Å². The van der Waals surface area contributed by atoms with Gasteiger partial charge in [0.25, 0.3) is 0 Å². The number of hydrogen-bond acceptors (Lipinski definition) is 3. The van der Waals surface area contributed by atoms with Gasteiger partial charge in [-0.1, -0.05) is 0 Å². The summed E-state index contributed by atoms with van der Waals surface area (Å²) in [5, 5.41) is 4.26. The van der Waals surface area contributed by atoms with Gasteiger partial charge in [0.1, 0.15) is 5.82 Å². The minimum absolute atomic E-state index is 0.0169. The highest BCUT2D eigenvalue weighted by Gasteiger charge is 2.33. The zero-order valence-electron chi connectivity index (χ0n) is 13.4. The number of urea groups is 1. The Morgan fingerprint density at radius 3 is 2.83 bits per heavy atom. The van der Waals surface area contributed by atoms with E-state index in [-0.39, 0.29) is 12.1 Å². The number of aromatic nitrogens is 4. The van der Waals surface area contributed by atoms with Crippen LogP contribution in [0.1, 0.15) is 37.3 Å².